The van der Waals surface area contributed by atoms with Crippen LogP contribution in [0.2, 0.25) is 0 Å². The van der Waals surface area contributed by atoms with Gasteiger partial charge in [-0.15, -0.1) is 0 Å². The number of hydrogen-bond acceptors (Lipinski definition) is 7. The minimum Gasteiger partial charge on any atom is -0.494 e. The number of benzene rings is 2. The van der Waals surface area contributed by atoms with Crippen LogP contribution >= 0.6 is 0 Å². The van der Waals surface area contributed by atoms with Crippen molar-refractivity contribution in [1.29, 1.82) is 0 Å². The fraction of sp³-hybridized carbons (Fsp3) is 0.429. The molecule has 0 aliphatic carbocycles. The molecule has 2 aromatic carbocycles. The van der Waals surface area contributed by atoms with Gasteiger partial charge in [0.1, 0.15) is 11.4 Å². The Hall–Kier alpha value is -2.69. The first-order valence-electron chi connectivity index (χ1n) is 10.2. The molecular weight excluding hydrogens is 420 g/mol. The lowest BCUT2D eigenvalue weighted by atomic mass is 10.1. The van der Waals surface area contributed by atoms with Gasteiger partial charge < -0.3 is 15.0 Å². The second-order valence-electron chi connectivity index (χ2n) is 7.51. The summed E-state index contributed by atoms with van der Waals surface area (Å²) in [6.45, 7) is 6.34. The molecule has 0 aromatic heterocycles. The lowest BCUT2D eigenvalue weighted by molar-refractivity contribution is -0.384. The molecular formula is C21H28N4O5S. The second-order valence-corrected chi connectivity index (χ2v) is 9.45. The predicted octanol–water partition coefficient (Wildman–Crippen LogP) is 3.10. The third-order valence-electron chi connectivity index (χ3n) is 5.33. The van der Waals surface area contributed by atoms with Crippen molar-refractivity contribution in [3.8, 4) is 5.75 Å². The van der Waals surface area contributed by atoms with Crippen LogP contribution in [0.15, 0.2) is 47.4 Å². The van der Waals surface area contributed by atoms with E-state index in [0.717, 1.165) is 17.4 Å². The highest BCUT2D eigenvalue weighted by molar-refractivity contribution is 7.89. The smallest absolute Gasteiger partial charge is 0.293 e. The zero-order valence-electron chi connectivity index (χ0n) is 17.9. The third-order valence-corrected chi connectivity index (χ3v) is 7.22. The van der Waals surface area contributed by atoms with Crippen molar-refractivity contribution >= 4 is 21.4 Å². The lowest BCUT2D eigenvalue weighted by Crippen LogP contribution is -2.47. The summed E-state index contributed by atoms with van der Waals surface area (Å²) in [6, 6.07) is 11.3. The van der Waals surface area contributed by atoms with E-state index in [9.17, 15) is 18.5 Å². The van der Waals surface area contributed by atoms with Gasteiger partial charge in [-0.1, -0.05) is 12.1 Å². The summed E-state index contributed by atoms with van der Waals surface area (Å²) >= 11 is 0. The SMILES string of the molecule is CCOc1ccc(C(C)Nc2ccc(S(=O)(=O)N3CCN(C)CC3)cc2[N+](=O)[O-])cc1. The summed E-state index contributed by atoms with van der Waals surface area (Å²) in [7, 11) is -1.86. The van der Waals surface area contributed by atoms with Crippen LogP contribution < -0.4 is 10.1 Å². The molecule has 0 amide bonds. The highest BCUT2D eigenvalue weighted by Gasteiger charge is 2.30. The molecule has 9 nitrogen and oxygen atoms in total. The molecule has 0 saturated carbocycles. The van der Waals surface area contributed by atoms with Crippen molar-refractivity contribution in [3.05, 3.63) is 58.1 Å². The van der Waals surface area contributed by atoms with E-state index in [4.69, 9.17) is 4.74 Å². The van der Waals surface area contributed by atoms with E-state index in [0.29, 0.717) is 32.8 Å². The highest BCUT2D eigenvalue weighted by atomic mass is 32.2. The molecule has 1 unspecified atom stereocenters. The van der Waals surface area contributed by atoms with Crippen molar-refractivity contribution in [3.63, 3.8) is 0 Å². The number of likely N-dealkylation sites (N-methyl/N-ethyl adjacent to an activating group) is 1. The van der Waals surface area contributed by atoms with Crippen LogP contribution in [-0.4, -0.2) is 62.4 Å². The molecule has 2 aromatic rings. The normalized spacial score (nSPS) is 16.6. The number of nitrogens with one attached hydrogen (secondary N) is 1. The Balaban J connectivity index is 1.82. The number of ether oxygens (including phenoxy) is 1. The Bertz CT molecular complexity index is 1020. The summed E-state index contributed by atoms with van der Waals surface area (Å²) in [5.74, 6) is 0.753. The minimum absolute atomic E-state index is 0.0666. The van der Waals surface area contributed by atoms with Crippen LogP contribution in [0.4, 0.5) is 11.4 Å². The van der Waals surface area contributed by atoms with Crippen LogP contribution in [0.1, 0.15) is 25.5 Å². The second kappa shape index (κ2) is 9.63. The van der Waals surface area contributed by atoms with E-state index in [1.165, 1.54) is 16.4 Å². The summed E-state index contributed by atoms with van der Waals surface area (Å²) in [5.41, 5.74) is 0.920. The number of sulfonamides is 1. The third kappa shape index (κ3) is 5.33. The number of hydrogen-bond donors (Lipinski definition) is 1. The molecule has 1 fully saturated rings. The molecule has 1 heterocycles. The first-order chi connectivity index (χ1) is 14.7. The molecule has 1 atom stereocenters. The number of nitro benzene ring substituents is 1. The topological polar surface area (TPSA) is 105 Å². The Labute approximate surface area is 182 Å². The number of nitrogens with zero attached hydrogens (tertiary/aromatic N) is 3. The van der Waals surface area contributed by atoms with E-state index < -0.39 is 14.9 Å². The number of rotatable bonds is 8. The van der Waals surface area contributed by atoms with Gasteiger partial charge in [0.05, 0.1) is 16.4 Å². The highest BCUT2D eigenvalue weighted by Crippen LogP contribution is 2.32. The van der Waals surface area contributed by atoms with Crippen molar-refractivity contribution in [2.45, 2.75) is 24.8 Å². The molecule has 0 spiro atoms. The standard InChI is InChI=1S/C21H28N4O5S/c1-4-30-18-7-5-17(6-8-18)16(2)22-20-10-9-19(15-21(20)25(26)27)31(28,29)24-13-11-23(3)12-14-24/h5-10,15-16,22H,4,11-14H2,1-3H3. The maximum atomic E-state index is 13.0. The Morgan fingerprint density at radius 1 is 1.13 bits per heavy atom. The summed E-state index contributed by atoms with van der Waals surface area (Å²) in [4.78, 5) is 13.1. The average Bonchev–Trinajstić information content (AvgIpc) is 2.74. The van der Waals surface area contributed by atoms with Gasteiger partial charge in [-0.05, 0) is 50.7 Å². The molecule has 3 rings (SSSR count). The molecule has 0 bridgehead atoms. The predicted molar refractivity (Wildman–Crippen MR) is 119 cm³/mol. The van der Waals surface area contributed by atoms with Gasteiger partial charge in [-0.2, -0.15) is 4.31 Å². The molecule has 168 valence electrons. The lowest BCUT2D eigenvalue weighted by Gasteiger charge is -2.31. The first kappa shape index (κ1) is 23.0. The first-order valence-corrected chi connectivity index (χ1v) is 11.6. The van der Waals surface area contributed by atoms with E-state index in [-0.39, 0.29) is 22.3 Å². The largest absolute Gasteiger partial charge is 0.494 e. The van der Waals surface area contributed by atoms with E-state index in [1.807, 2.05) is 50.1 Å². The zero-order chi connectivity index (χ0) is 22.6. The molecule has 1 saturated heterocycles. The molecule has 0 radical (unpaired) electrons. The van der Waals surface area contributed by atoms with E-state index >= 15 is 0 Å². The Kier molecular flexibility index (Phi) is 7.14. The van der Waals surface area contributed by atoms with Gasteiger partial charge in [0.25, 0.3) is 5.69 Å². The van der Waals surface area contributed by atoms with Crippen molar-refractivity contribution in [2.24, 2.45) is 0 Å². The quantitative estimate of drug-likeness (QED) is 0.489. The minimum atomic E-state index is -3.79. The number of nitro groups is 1. The Morgan fingerprint density at radius 2 is 1.77 bits per heavy atom. The number of piperazine rings is 1. The van der Waals surface area contributed by atoms with Crippen LogP contribution in [-0.2, 0) is 10.0 Å². The monoisotopic (exact) mass is 448 g/mol. The molecule has 1 aliphatic heterocycles. The summed E-state index contributed by atoms with van der Waals surface area (Å²) in [6.07, 6.45) is 0. The maximum Gasteiger partial charge on any atom is 0.293 e. The van der Waals surface area contributed by atoms with Crippen LogP contribution in [0.3, 0.4) is 0 Å². The van der Waals surface area contributed by atoms with Gasteiger partial charge >= 0.3 is 0 Å². The fourth-order valence-corrected chi connectivity index (χ4v) is 4.90. The number of anilines is 1. The molecule has 1 N–H and O–H groups in total. The van der Waals surface area contributed by atoms with Gasteiger partial charge in [-0.3, -0.25) is 10.1 Å². The van der Waals surface area contributed by atoms with E-state index in [2.05, 4.69) is 5.32 Å². The maximum absolute atomic E-state index is 13.0. The van der Waals surface area contributed by atoms with Crippen molar-refractivity contribution in [1.82, 2.24) is 9.21 Å². The van der Waals surface area contributed by atoms with Gasteiger partial charge in [0.15, 0.2) is 0 Å². The van der Waals surface area contributed by atoms with Gasteiger partial charge in [0, 0.05) is 38.3 Å². The molecule has 1 aliphatic rings. The van der Waals surface area contributed by atoms with Gasteiger partial charge in [0.2, 0.25) is 10.0 Å². The van der Waals surface area contributed by atoms with Crippen LogP contribution in [0.5, 0.6) is 5.75 Å². The Morgan fingerprint density at radius 3 is 2.35 bits per heavy atom. The summed E-state index contributed by atoms with van der Waals surface area (Å²) in [5, 5.41) is 14.8. The van der Waals surface area contributed by atoms with Crippen LogP contribution in [0, 0.1) is 10.1 Å². The molecule has 10 heteroatoms. The van der Waals surface area contributed by atoms with E-state index in [1.54, 1.807) is 0 Å². The van der Waals surface area contributed by atoms with Crippen molar-refractivity contribution < 1.29 is 18.1 Å². The van der Waals surface area contributed by atoms with Gasteiger partial charge in [-0.25, -0.2) is 8.42 Å². The zero-order valence-corrected chi connectivity index (χ0v) is 18.8. The van der Waals surface area contributed by atoms with Crippen LogP contribution in [0.25, 0.3) is 0 Å². The average molecular weight is 449 g/mol. The van der Waals surface area contributed by atoms with Crippen molar-refractivity contribution in [2.75, 3.05) is 45.2 Å². The fourth-order valence-electron chi connectivity index (χ4n) is 3.46. The molecule has 31 heavy (non-hydrogen) atoms. The summed E-state index contributed by atoms with van der Waals surface area (Å²) < 4.78 is 32.7.